The van der Waals surface area contributed by atoms with E-state index in [1.807, 2.05) is 13.8 Å². The number of anilines is 3. The van der Waals surface area contributed by atoms with E-state index in [0.717, 1.165) is 13.2 Å². The molecule has 0 saturated heterocycles. The fourth-order valence-electron chi connectivity index (χ4n) is 4.09. The topological polar surface area (TPSA) is 158 Å². The van der Waals surface area contributed by atoms with Crippen LogP contribution in [0.25, 0.3) is 33.4 Å². The van der Waals surface area contributed by atoms with Crippen LogP contribution in [0.4, 0.5) is 26.4 Å². The third-order valence-corrected chi connectivity index (χ3v) is 7.58. The van der Waals surface area contributed by atoms with Crippen molar-refractivity contribution in [1.29, 1.82) is 0 Å². The molecule has 3 aromatic carbocycles. The SMILES string of the molecule is CCCS(=O)(=O)Nc1cccc(-c2cc(OC)c3nc(-c4ccc(NC(=O)NC)cc4)nc(N)c3c2)c1F.CCOCC. The van der Waals surface area contributed by atoms with Gasteiger partial charge in [-0.1, -0.05) is 19.1 Å². The van der Waals surface area contributed by atoms with Gasteiger partial charge in [-0.05, 0) is 68.3 Å². The number of carbonyl (C=O) groups excluding carboxylic acids is 1. The molecule has 0 spiro atoms. The van der Waals surface area contributed by atoms with Gasteiger partial charge < -0.3 is 25.8 Å². The molecule has 5 N–H and O–H groups in total. The van der Waals surface area contributed by atoms with Gasteiger partial charge in [-0.2, -0.15) is 0 Å². The van der Waals surface area contributed by atoms with Crippen LogP contribution in [-0.2, 0) is 14.8 Å². The molecule has 2 amide bonds. The van der Waals surface area contributed by atoms with E-state index < -0.39 is 15.8 Å². The normalized spacial score (nSPS) is 10.9. The third kappa shape index (κ3) is 8.52. The Labute approximate surface area is 251 Å². The average molecular weight is 613 g/mol. The van der Waals surface area contributed by atoms with Crippen LogP contribution in [0.1, 0.15) is 27.2 Å². The number of ether oxygens (including phenoxy) is 2. The maximum Gasteiger partial charge on any atom is 0.318 e. The summed E-state index contributed by atoms with van der Waals surface area (Å²) in [5.41, 5.74) is 8.40. The third-order valence-electron chi connectivity index (χ3n) is 6.10. The lowest BCUT2D eigenvalue weighted by Crippen LogP contribution is -2.24. The lowest BCUT2D eigenvalue weighted by atomic mass is 10.0. The fraction of sp³-hybridized carbons (Fsp3) is 0.300. The zero-order chi connectivity index (χ0) is 31.6. The number of urea groups is 1. The molecule has 0 radical (unpaired) electrons. The van der Waals surface area contributed by atoms with Crippen molar-refractivity contribution >= 4 is 44.1 Å². The Kier molecular flexibility index (Phi) is 11.6. The molecule has 4 aromatic rings. The van der Waals surface area contributed by atoms with Gasteiger partial charge in [0.15, 0.2) is 11.6 Å². The summed E-state index contributed by atoms with van der Waals surface area (Å²) in [4.78, 5) is 20.6. The second-order valence-corrected chi connectivity index (χ2v) is 11.0. The molecule has 0 aliphatic carbocycles. The van der Waals surface area contributed by atoms with Crippen LogP contribution in [0.2, 0.25) is 0 Å². The molecule has 230 valence electrons. The molecule has 0 bridgehead atoms. The van der Waals surface area contributed by atoms with Gasteiger partial charge in [0.05, 0.1) is 18.6 Å². The van der Waals surface area contributed by atoms with Crippen molar-refractivity contribution < 1.29 is 27.1 Å². The van der Waals surface area contributed by atoms with Gasteiger partial charge in [0.2, 0.25) is 10.0 Å². The first-order valence-electron chi connectivity index (χ1n) is 13.7. The van der Waals surface area contributed by atoms with E-state index in [1.165, 1.54) is 26.3 Å². The molecular formula is C30H37FN6O5S. The molecule has 0 aliphatic heterocycles. The number of fused-ring (bicyclic) bond motifs is 1. The predicted octanol–water partition coefficient (Wildman–Crippen LogP) is 5.64. The van der Waals surface area contributed by atoms with Crippen LogP contribution in [0.5, 0.6) is 5.75 Å². The molecule has 11 nitrogen and oxygen atoms in total. The average Bonchev–Trinajstić information content (AvgIpc) is 2.98. The highest BCUT2D eigenvalue weighted by molar-refractivity contribution is 7.92. The monoisotopic (exact) mass is 612 g/mol. The molecule has 1 heterocycles. The molecule has 0 unspecified atom stereocenters. The molecular weight excluding hydrogens is 575 g/mol. The number of benzene rings is 3. The Morgan fingerprint density at radius 3 is 2.28 bits per heavy atom. The number of methoxy groups -OCH3 is 1. The first-order chi connectivity index (χ1) is 20.6. The highest BCUT2D eigenvalue weighted by atomic mass is 32.2. The highest BCUT2D eigenvalue weighted by Crippen LogP contribution is 2.37. The predicted molar refractivity (Wildman–Crippen MR) is 169 cm³/mol. The van der Waals surface area contributed by atoms with Gasteiger partial charge in [-0.3, -0.25) is 4.72 Å². The Morgan fingerprint density at radius 1 is 1.00 bits per heavy atom. The number of nitrogens with zero attached hydrogens (tertiary/aromatic N) is 2. The van der Waals surface area contributed by atoms with Gasteiger partial charge in [0, 0.05) is 42.5 Å². The molecule has 0 atom stereocenters. The van der Waals surface area contributed by atoms with E-state index in [4.69, 9.17) is 15.2 Å². The minimum atomic E-state index is -3.68. The summed E-state index contributed by atoms with van der Waals surface area (Å²) in [6, 6.07) is 14.3. The number of amides is 2. The Balaban J connectivity index is 0.000000934. The number of nitrogens with one attached hydrogen (secondary N) is 3. The van der Waals surface area contributed by atoms with E-state index in [1.54, 1.807) is 49.4 Å². The van der Waals surface area contributed by atoms with Gasteiger partial charge >= 0.3 is 6.03 Å². The van der Waals surface area contributed by atoms with Gasteiger partial charge in [0.1, 0.15) is 17.1 Å². The number of hydrogen-bond donors (Lipinski definition) is 4. The summed E-state index contributed by atoms with van der Waals surface area (Å²) in [7, 11) is -0.698. The Morgan fingerprint density at radius 2 is 1.70 bits per heavy atom. The standard InChI is InChI=1S/C26H27FN6O4S.C4H10O/c1-4-12-38(35,36)33-20-7-5-6-18(22(20)27)16-13-19-23(21(14-16)37-3)31-25(32-24(19)28)15-8-10-17(11-9-15)30-26(34)29-2;1-3-5-4-2/h5-11,13-14,33H,4,12H2,1-3H3,(H2,28,31,32)(H2,29,30,34);3-4H2,1-2H3. The summed E-state index contributed by atoms with van der Waals surface area (Å²) in [6.45, 7) is 7.39. The number of nitrogen functional groups attached to an aromatic ring is 1. The first kappa shape index (κ1) is 33.0. The lowest BCUT2D eigenvalue weighted by molar-refractivity contribution is 0.162. The molecule has 13 heteroatoms. The van der Waals surface area contributed by atoms with Crippen LogP contribution in [0.15, 0.2) is 54.6 Å². The molecule has 0 fully saturated rings. The quantitative estimate of drug-likeness (QED) is 0.179. The van der Waals surface area contributed by atoms with E-state index in [0.29, 0.717) is 45.7 Å². The molecule has 0 aliphatic rings. The van der Waals surface area contributed by atoms with Crippen molar-refractivity contribution in [3.63, 3.8) is 0 Å². The maximum absolute atomic E-state index is 15.4. The molecule has 4 rings (SSSR count). The first-order valence-corrected chi connectivity index (χ1v) is 15.3. The summed E-state index contributed by atoms with van der Waals surface area (Å²) >= 11 is 0. The molecule has 1 aromatic heterocycles. The van der Waals surface area contributed by atoms with Crippen molar-refractivity contribution in [1.82, 2.24) is 15.3 Å². The van der Waals surface area contributed by atoms with Crippen LogP contribution < -0.4 is 25.8 Å². The molecule has 43 heavy (non-hydrogen) atoms. The number of aromatic nitrogens is 2. The maximum atomic E-state index is 15.4. The Hall–Kier alpha value is -4.49. The number of rotatable bonds is 10. The van der Waals surface area contributed by atoms with Gasteiger partial charge in [-0.15, -0.1) is 0 Å². The number of nitrogens with two attached hydrogens (primary N) is 1. The minimum Gasteiger partial charge on any atom is -0.494 e. The number of hydrogen-bond acceptors (Lipinski definition) is 8. The van der Waals surface area contributed by atoms with E-state index in [9.17, 15) is 13.2 Å². The molecule has 0 saturated carbocycles. The minimum absolute atomic E-state index is 0.121. The van der Waals surface area contributed by atoms with E-state index in [-0.39, 0.29) is 28.9 Å². The summed E-state index contributed by atoms with van der Waals surface area (Å²) in [5, 5.41) is 5.60. The van der Waals surface area contributed by atoms with Crippen molar-refractivity contribution in [2.24, 2.45) is 0 Å². The Bertz CT molecular complexity index is 1660. The zero-order valence-corrected chi connectivity index (χ0v) is 25.6. The second kappa shape index (κ2) is 15.1. The summed E-state index contributed by atoms with van der Waals surface area (Å²) in [6.07, 6.45) is 0.400. The van der Waals surface area contributed by atoms with Crippen LogP contribution in [0.3, 0.4) is 0 Å². The second-order valence-electron chi connectivity index (χ2n) is 9.16. The van der Waals surface area contributed by atoms with Crippen LogP contribution in [0, 0.1) is 5.82 Å². The van der Waals surface area contributed by atoms with Crippen molar-refractivity contribution in [3.05, 3.63) is 60.4 Å². The van der Waals surface area contributed by atoms with E-state index in [2.05, 4.69) is 25.3 Å². The van der Waals surface area contributed by atoms with Gasteiger partial charge in [0.25, 0.3) is 0 Å². The van der Waals surface area contributed by atoms with Gasteiger partial charge in [-0.25, -0.2) is 27.6 Å². The van der Waals surface area contributed by atoms with Crippen LogP contribution >= 0.6 is 0 Å². The number of sulfonamides is 1. The zero-order valence-electron chi connectivity index (χ0n) is 24.8. The smallest absolute Gasteiger partial charge is 0.318 e. The van der Waals surface area contributed by atoms with Crippen molar-refractivity contribution in [2.45, 2.75) is 27.2 Å². The number of halogens is 1. The van der Waals surface area contributed by atoms with Crippen molar-refractivity contribution in [2.75, 3.05) is 48.9 Å². The highest BCUT2D eigenvalue weighted by Gasteiger charge is 2.19. The summed E-state index contributed by atoms with van der Waals surface area (Å²) < 4.78 is 52.5. The van der Waals surface area contributed by atoms with Crippen molar-refractivity contribution in [3.8, 4) is 28.3 Å². The van der Waals surface area contributed by atoms with E-state index >= 15 is 4.39 Å². The largest absolute Gasteiger partial charge is 0.494 e. The summed E-state index contributed by atoms with van der Waals surface area (Å²) in [5.74, 6) is -0.0227. The fourth-order valence-corrected chi connectivity index (χ4v) is 5.22. The number of carbonyl (C=O) groups is 1. The van der Waals surface area contributed by atoms with Crippen LogP contribution in [-0.4, -0.2) is 57.5 Å². The lowest BCUT2D eigenvalue weighted by Gasteiger charge is -2.14.